The Bertz CT molecular complexity index is 1390. The van der Waals surface area contributed by atoms with Crippen LogP contribution in [-0.4, -0.2) is 11.0 Å². The molecule has 33 heavy (non-hydrogen) atoms. The summed E-state index contributed by atoms with van der Waals surface area (Å²) in [5, 5.41) is 0.904. The van der Waals surface area contributed by atoms with E-state index in [4.69, 9.17) is 16.2 Å². The summed E-state index contributed by atoms with van der Waals surface area (Å²) in [7, 11) is 0. The van der Waals surface area contributed by atoms with Crippen LogP contribution in [0.3, 0.4) is 0 Å². The van der Waals surface area contributed by atoms with Crippen molar-refractivity contribution in [2.45, 2.75) is 0 Å². The second kappa shape index (κ2) is 8.48. The SMILES string of the molecule is Nc1ccc(-c2cc(C(=O)Oc3cccc4cccnc34)cc(-c3ccc(N)cc3)c2)cc1. The zero-order chi connectivity index (χ0) is 22.8. The van der Waals surface area contributed by atoms with Crippen molar-refractivity contribution in [1.29, 1.82) is 0 Å². The largest absolute Gasteiger partial charge is 0.421 e. The molecule has 0 amide bonds. The summed E-state index contributed by atoms with van der Waals surface area (Å²) in [4.78, 5) is 17.6. The lowest BCUT2D eigenvalue weighted by atomic mass is 9.96. The predicted octanol–water partition coefficient (Wildman–Crippen LogP) is 5.95. The molecule has 0 bridgehead atoms. The number of ether oxygens (including phenoxy) is 1. The third kappa shape index (κ3) is 4.25. The molecule has 4 N–H and O–H groups in total. The molecule has 4 aromatic carbocycles. The second-order valence-corrected chi connectivity index (χ2v) is 7.76. The maximum absolute atomic E-state index is 13.2. The maximum atomic E-state index is 13.2. The first-order valence-corrected chi connectivity index (χ1v) is 10.5. The van der Waals surface area contributed by atoms with E-state index in [2.05, 4.69) is 4.98 Å². The minimum Gasteiger partial charge on any atom is -0.421 e. The lowest BCUT2D eigenvalue weighted by molar-refractivity contribution is 0.0737. The van der Waals surface area contributed by atoms with Gasteiger partial charge in [0.15, 0.2) is 5.75 Å². The minimum atomic E-state index is -0.456. The number of para-hydroxylation sites is 1. The fourth-order valence-electron chi connectivity index (χ4n) is 3.75. The number of carbonyl (C=O) groups is 1. The number of hydrogen-bond acceptors (Lipinski definition) is 5. The van der Waals surface area contributed by atoms with Gasteiger partial charge in [0.1, 0.15) is 5.52 Å². The molecule has 5 rings (SSSR count). The minimum absolute atomic E-state index is 0.421. The van der Waals surface area contributed by atoms with Gasteiger partial charge in [-0.05, 0) is 76.9 Å². The van der Waals surface area contributed by atoms with Gasteiger partial charge in [-0.2, -0.15) is 0 Å². The average Bonchev–Trinajstić information content (AvgIpc) is 2.85. The molecule has 0 saturated carbocycles. The number of nitrogens with two attached hydrogens (primary N) is 2. The van der Waals surface area contributed by atoms with E-state index in [9.17, 15) is 4.79 Å². The van der Waals surface area contributed by atoms with E-state index in [0.717, 1.165) is 27.6 Å². The molecule has 0 atom stereocenters. The standard InChI is InChI=1S/C28H21N3O2/c29-24-10-6-18(7-11-24)21-15-22(19-8-12-25(30)13-9-19)17-23(16-21)28(32)33-26-5-1-3-20-4-2-14-31-27(20)26/h1-17H,29-30H2. The second-order valence-electron chi connectivity index (χ2n) is 7.76. The first-order valence-electron chi connectivity index (χ1n) is 10.5. The van der Waals surface area contributed by atoms with E-state index < -0.39 is 5.97 Å². The van der Waals surface area contributed by atoms with E-state index in [1.54, 1.807) is 12.3 Å². The summed E-state index contributed by atoms with van der Waals surface area (Å²) < 4.78 is 5.79. The Hall–Kier alpha value is -4.64. The lowest BCUT2D eigenvalue weighted by Gasteiger charge is -2.12. The normalized spacial score (nSPS) is 10.8. The molecule has 5 nitrogen and oxygen atoms in total. The fraction of sp³-hybridized carbons (Fsp3) is 0. The molecule has 0 aliphatic rings. The van der Waals surface area contributed by atoms with Crippen molar-refractivity contribution in [2.24, 2.45) is 0 Å². The maximum Gasteiger partial charge on any atom is 0.343 e. The number of nitrogens with zero attached hydrogens (tertiary/aromatic N) is 1. The molecule has 5 aromatic rings. The highest BCUT2D eigenvalue weighted by Crippen LogP contribution is 2.31. The molecular weight excluding hydrogens is 410 g/mol. The number of aromatic nitrogens is 1. The van der Waals surface area contributed by atoms with Crippen molar-refractivity contribution in [3.05, 3.63) is 109 Å². The molecule has 0 aliphatic heterocycles. The van der Waals surface area contributed by atoms with Crippen molar-refractivity contribution in [3.63, 3.8) is 0 Å². The average molecular weight is 431 g/mol. The van der Waals surface area contributed by atoms with Crippen LogP contribution in [0.1, 0.15) is 10.4 Å². The van der Waals surface area contributed by atoms with Gasteiger partial charge in [0.2, 0.25) is 0 Å². The van der Waals surface area contributed by atoms with Crippen LogP contribution in [0.4, 0.5) is 11.4 Å². The molecule has 1 aromatic heterocycles. The zero-order valence-electron chi connectivity index (χ0n) is 17.7. The summed E-state index contributed by atoms with van der Waals surface area (Å²) in [6.07, 6.45) is 1.68. The highest BCUT2D eigenvalue weighted by atomic mass is 16.5. The van der Waals surface area contributed by atoms with Crippen LogP contribution < -0.4 is 16.2 Å². The number of nitrogen functional groups attached to an aromatic ring is 2. The highest BCUT2D eigenvalue weighted by Gasteiger charge is 2.15. The van der Waals surface area contributed by atoms with Crippen LogP contribution in [-0.2, 0) is 0 Å². The Labute approximate surface area is 191 Å². The number of anilines is 2. The number of rotatable bonds is 4. The molecule has 0 spiro atoms. The van der Waals surface area contributed by atoms with Crippen LogP contribution >= 0.6 is 0 Å². The Morgan fingerprint density at radius 1 is 0.667 bits per heavy atom. The highest BCUT2D eigenvalue weighted by molar-refractivity contribution is 5.97. The number of fused-ring (bicyclic) bond motifs is 1. The van der Waals surface area contributed by atoms with Gasteiger partial charge in [-0.3, -0.25) is 4.98 Å². The molecule has 0 radical (unpaired) electrons. The number of esters is 1. The molecule has 0 unspecified atom stereocenters. The fourth-order valence-corrected chi connectivity index (χ4v) is 3.75. The Morgan fingerprint density at radius 2 is 1.24 bits per heavy atom. The van der Waals surface area contributed by atoms with E-state index in [1.165, 1.54) is 0 Å². The number of hydrogen-bond donors (Lipinski definition) is 2. The van der Waals surface area contributed by atoms with Gasteiger partial charge < -0.3 is 16.2 Å². The van der Waals surface area contributed by atoms with Gasteiger partial charge in [0.05, 0.1) is 5.56 Å². The van der Waals surface area contributed by atoms with Crippen LogP contribution in [0.5, 0.6) is 5.75 Å². The Balaban J connectivity index is 1.58. The van der Waals surface area contributed by atoms with Crippen LogP contribution in [0, 0.1) is 0 Å². The molecule has 0 fully saturated rings. The summed E-state index contributed by atoms with van der Waals surface area (Å²) >= 11 is 0. The lowest BCUT2D eigenvalue weighted by Crippen LogP contribution is -2.09. The van der Waals surface area contributed by atoms with E-state index in [1.807, 2.05) is 91.0 Å². The van der Waals surface area contributed by atoms with Crippen molar-refractivity contribution in [1.82, 2.24) is 4.98 Å². The zero-order valence-corrected chi connectivity index (χ0v) is 17.7. The molecule has 0 aliphatic carbocycles. The van der Waals surface area contributed by atoms with E-state index >= 15 is 0 Å². The quantitative estimate of drug-likeness (QED) is 0.208. The summed E-state index contributed by atoms with van der Waals surface area (Å²) in [5.74, 6) is -0.0350. The van der Waals surface area contributed by atoms with Gasteiger partial charge in [-0.25, -0.2) is 4.79 Å². The van der Waals surface area contributed by atoms with Gasteiger partial charge in [0, 0.05) is 23.0 Å². The van der Waals surface area contributed by atoms with E-state index in [-0.39, 0.29) is 0 Å². The summed E-state index contributed by atoms with van der Waals surface area (Å²) in [6, 6.07) is 30.1. The van der Waals surface area contributed by atoms with Gasteiger partial charge >= 0.3 is 5.97 Å². The third-order valence-corrected chi connectivity index (χ3v) is 5.46. The van der Waals surface area contributed by atoms with Crippen LogP contribution in [0.2, 0.25) is 0 Å². The molecule has 1 heterocycles. The summed E-state index contributed by atoms with van der Waals surface area (Å²) in [6.45, 7) is 0. The molecule has 160 valence electrons. The van der Waals surface area contributed by atoms with E-state index in [0.29, 0.717) is 28.2 Å². The van der Waals surface area contributed by atoms with Gasteiger partial charge in [-0.15, -0.1) is 0 Å². The van der Waals surface area contributed by atoms with Crippen LogP contribution in [0.15, 0.2) is 103 Å². The van der Waals surface area contributed by atoms with Crippen molar-refractivity contribution in [3.8, 4) is 28.0 Å². The van der Waals surface area contributed by atoms with Crippen molar-refractivity contribution < 1.29 is 9.53 Å². The van der Waals surface area contributed by atoms with Crippen molar-refractivity contribution >= 4 is 28.2 Å². The van der Waals surface area contributed by atoms with Gasteiger partial charge in [0.25, 0.3) is 0 Å². The summed E-state index contributed by atoms with van der Waals surface area (Å²) in [5.41, 5.74) is 17.8. The molecule has 5 heteroatoms. The third-order valence-electron chi connectivity index (χ3n) is 5.46. The smallest absolute Gasteiger partial charge is 0.343 e. The molecular formula is C28H21N3O2. The van der Waals surface area contributed by atoms with Gasteiger partial charge in [-0.1, -0.05) is 42.5 Å². The van der Waals surface area contributed by atoms with Crippen molar-refractivity contribution in [2.75, 3.05) is 11.5 Å². The number of pyridine rings is 1. The predicted molar refractivity (Wildman–Crippen MR) is 133 cm³/mol. The van der Waals surface area contributed by atoms with Crippen LogP contribution in [0.25, 0.3) is 33.2 Å². The molecule has 0 saturated heterocycles. The first-order chi connectivity index (χ1) is 16.1. The Morgan fingerprint density at radius 3 is 1.85 bits per heavy atom. The first kappa shape index (κ1) is 20.3. The topological polar surface area (TPSA) is 91.2 Å². The number of carbonyl (C=O) groups excluding carboxylic acids is 1. The monoisotopic (exact) mass is 431 g/mol. The Kier molecular flexibility index (Phi) is 5.21. The number of benzene rings is 4.